The quantitative estimate of drug-likeness (QED) is 0.376. The van der Waals surface area contributed by atoms with E-state index in [-0.39, 0.29) is 28.0 Å². The lowest BCUT2D eigenvalue weighted by Gasteiger charge is -2.44. The van der Waals surface area contributed by atoms with Crippen LogP contribution in [0.3, 0.4) is 0 Å². The Hall–Kier alpha value is -3.05. The summed E-state index contributed by atoms with van der Waals surface area (Å²) in [6.45, 7) is 2.77. The Morgan fingerprint density at radius 1 is 1.21 bits per heavy atom. The number of allylic oxidation sites excluding steroid dienone is 1. The Morgan fingerprint density at radius 3 is 2.50 bits per heavy atom. The molecule has 2 aromatic carbocycles. The standard InChI is InChI=1S/C22H16ClF6N3O2/c1-3-9-6-21(34,22(27,28)29)20(10-4-12(23)16(25)19(33)15(9)10)32-14-5-13(24)17(26)18-11(14)7-30-8(2)31-18/h3-5,7,20,32-34H,6H2,1-2H3/b9-3-/t20-,21+/m0/s1. The lowest BCUT2D eigenvalue weighted by atomic mass is 9.72. The van der Waals surface area contributed by atoms with Crippen LogP contribution in [-0.4, -0.2) is 32.0 Å². The number of nitrogens with one attached hydrogen (secondary N) is 1. The number of aromatic hydroxyl groups is 1. The van der Waals surface area contributed by atoms with Crippen LogP contribution in [0.25, 0.3) is 16.5 Å². The number of halogens is 7. The van der Waals surface area contributed by atoms with Crippen molar-refractivity contribution in [1.29, 1.82) is 0 Å². The number of anilines is 1. The van der Waals surface area contributed by atoms with Crippen LogP contribution in [0.1, 0.15) is 36.3 Å². The minimum absolute atomic E-state index is 0.0858. The molecule has 0 saturated heterocycles. The summed E-state index contributed by atoms with van der Waals surface area (Å²) in [6.07, 6.45) is -4.02. The number of phenols is 1. The van der Waals surface area contributed by atoms with Crippen molar-refractivity contribution in [2.75, 3.05) is 5.32 Å². The molecule has 2 atom stereocenters. The number of nitrogens with zero attached hydrogens (tertiary/aromatic N) is 2. The molecule has 0 spiro atoms. The van der Waals surface area contributed by atoms with Gasteiger partial charge in [-0.05, 0) is 31.1 Å². The number of hydrogen-bond donors (Lipinski definition) is 3. The fourth-order valence-corrected chi connectivity index (χ4v) is 4.34. The molecular weight excluding hydrogens is 488 g/mol. The first-order chi connectivity index (χ1) is 15.8. The Labute approximate surface area is 193 Å². The van der Waals surface area contributed by atoms with E-state index in [1.807, 2.05) is 0 Å². The zero-order valence-electron chi connectivity index (χ0n) is 17.5. The van der Waals surface area contributed by atoms with Crippen molar-refractivity contribution in [2.24, 2.45) is 0 Å². The van der Waals surface area contributed by atoms with Gasteiger partial charge in [0.05, 0.1) is 11.1 Å². The summed E-state index contributed by atoms with van der Waals surface area (Å²) in [5.74, 6) is -4.91. The van der Waals surface area contributed by atoms with Crippen molar-refractivity contribution < 1.29 is 36.6 Å². The smallest absolute Gasteiger partial charge is 0.419 e. The SMILES string of the molecule is C/C=C1/C[C@](O)(C(F)(F)F)[C@@H](Nc2cc(F)c(F)c3nc(C)ncc23)c2cc(Cl)c(F)c(O)c21. The molecule has 1 aliphatic carbocycles. The summed E-state index contributed by atoms with van der Waals surface area (Å²) < 4.78 is 85.7. The van der Waals surface area contributed by atoms with Crippen LogP contribution < -0.4 is 5.32 Å². The molecule has 1 aromatic heterocycles. The topological polar surface area (TPSA) is 78.3 Å². The Morgan fingerprint density at radius 2 is 1.88 bits per heavy atom. The van der Waals surface area contributed by atoms with Gasteiger partial charge >= 0.3 is 6.18 Å². The third kappa shape index (κ3) is 3.54. The number of hydrogen-bond acceptors (Lipinski definition) is 5. The van der Waals surface area contributed by atoms with E-state index < -0.39 is 63.5 Å². The van der Waals surface area contributed by atoms with Crippen LogP contribution in [-0.2, 0) is 0 Å². The molecular formula is C22H16ClF6N3O2. The second kappa shape index (κ2) is 8.02. The average molecular weight is 504 g/mol. The van der Waals surface area contributed by atoms with Gasteiger partial charge in [0.2, 0.25) is 0 Å². The number of phenolic OH excluding ortho intramolecular Hbond substituents is 1. The van der Waals surface area contributed by atoms with Crippen LogP contribution in [0.15, 0.2) is 24.4 Å². The number of alkyl halides is 3. The predicted molar refractivity (Wildman–Crippen MR) is 113 cm³/mol. The zero-order chi connectivity index (χ0) is 25.2. The first kappa shape index (κ1) is 24.1. The van der Waals surface area contributed by atoms with Crippen LogP contribution in [0.4, 0.5) is 32.0 Å². The summed E-state index contributed by atoms with van der Waals surface area (Å²) in [7, 11) is 0. The fourth-order valence-electron chi connectivity index (χ4n) is 4.13. The normalized spacial score (nSPS) is 21.7. The molecule has 0 aliphatic heterocycles. The highest BCUT2D eigenvalue weighted by Gasteiger charge is 2.62. The van der Waals surface area contributed by atoms with Crippen LogP contribution in [0.5, 0.6) is 5.75 Å². The van der Waals surface area contributed by atoms with Crippen molar-refractivity contribution in [3.8, 4) is 5.75 Å². The van der Waals surface area contributed by atoms with Gasteiger partial charge in [-0.25, -0.2) is 23.1 Å². The van der Waals surface area contributed by atoms with Crippen LogP contribution in [0.2, 0.25) is 5.02 Å². The number of rotatable bonds is 2. The molecule has 1 heterocycles. The van der Waals surface area contributed by atoms with Gasteiger partial charge in [-0.2, -0.15) is 13.2 Å². The van der Waals surface area contributed by atoms with Gasteiger partial charge in [-0.15, -0.1) is 0 Å². The van der Waals surface area contributed by atoms with E-state index in [9.17, 15) is 36.6 Å². The maximum absolute atomic E-state index is 14.3. The Bertz CT molecular complexity index is 1360. The van der Waals surface area contributed by atoms with E-state index in [1.54, 1.807) is 0 Å². The summed E-state index contributed by atoms with van der Waals surface area (Å²) in [5.41, 5.74) is -5.23. The largest absolute Gasteiger partial charge is 0.504 e. The molecule has 3 aromatic rings. The van der Waals surface area contributed by atoms with E-state index in [0.717, 1.165) is 12.3 Å². The van der Waals surface area contributed by atoms with E-state index >= 15 is 0 Å². The molecule has 0 fully saturated rings. The van der Waals surface area contributed by atoms with Gasteiger partial charge in [-0.3, -0.25) is 0 Å². The van der Waals surface area contributed by atoms with E-state index in [1.165, 1.54) is 19.9 Å². The second-order valence-corrected chi connectivity index (χ2v) is 8.28. The van der Waals surface area contributed by atoms with Gasteiger partial charge in [0, 0.05) is 35.3 Å². The molecule has 12 heteroatoms. The monoisotopic (exact) mass is 503 g/mol. The second-order valence-electron chi connectivity index (χ2n) is 7.87. The van der Waals surface area contributed by atoms with Gasteiger partial charge in [0.1, 0.15) is 11.3 Å². The summed E-state index contributed by atoms with van der Waals surface area (Å²) in [5, 5.41) is 22.8. The van der Waals surface area contributed by atoms with Crippen molar-refractivity contribution in [1.82, 2.24) is 9.97 Å². The van der Waals surface area contributed by atoms with E-state index in [2.05, 4.69) is 15.3 Å². The van der Waals surface area contributed by atoms with E-state index in [0.29, 0.717) is 6.07 Å². The molecule has 4 rings (SSSR count). The Balaban J connectivity index is 2.02. The highest BCUT2D eigenvalue weighted by atomic mass is 35.5. The number of fused-ring (bicyclic) bond motifs is 2. The number of aliphatic hydroxyl groups is 1. The van der Waals surface area contributed by atoms with Gasteiger partial charge < -0.3 is 15.5 Å². The minimum Gasteiger partial charge on any atom is -0.504 e. The molecule has 0 unspecified atom stereocenters. The van der Waals surface area contributed by atoms with Crippen molar-refractivity contribution >= 4 is 33.8 Å². The number of aryl methyl sites for hydroxylation is 1. The van der Waals surface area contributed by atoms with Crippen molar-refractivity contribution in [3.05, 3.63) is 63.8 Å². The highest BCUT2D eigenvalue weighted by molar-refractivity contribution is 6.31. The number of benzene rings is 2. The third-order valence-corrected chi connectivity index (χ3v) is 6.10. The Kier molecular flexibility index (Phi) is 5.68. The molecule has 0 radical (unpaired) electrons. The van der Waals surface area contributed by atoms with Gasteiger partial charge in [-0.1, -0.05) is 17.7 Å². The molecule has 5 nitrogen and oxygen atoms in total. The van der Waals surface area contributed by atoms with Crippen molar-refractivity contribution in [3.63, 3.8) is 0 Å². The molecule has 180 valence electrons. The molecule has 3 N–H and O–H groups in total. The molecule has 0 amide bonds. The van der Waals surface area contributed by atoms with Gasteiger partial charge in [0.15, 0.2) is 28.8 Å². The van der Waals surface area contributed by atoms with Crippen molar-refractivity contribution in [2.45, 2.75) is 38.1 Å². The first-order valence-corrected chi connectivity index (χ1v) is 10.2. The lowest BCUT2D eigenvalue weighted by molar-refractivity contribution is -0.265. The maximum Gasteiger partial charge on any atom is 0.419 e. The predicted octanol–water partition coefficient (Wildman–Crippen LogP) is 5.97. The summed E-state index contributed by atoms with van der Waals surface area (Å²) in [6, 6.07) is -0.668. The number of aromatic nitrogens is 2. The highest BCUT2D eigenvalue weighted by Crippen LogP contribution is 2.55. The van der Waals surface area contributed by atoms with Crippen LogP contribution >= 0.6 is 11.6 Å². The van der Waals surface area contributed by atoms with E-state index in [4.69, 9.17) is 11.6 Å². The molecule has 34 heavy (non-hydrogen) atoms. The van der Waals surface area contributed by atoms with Crippen LogP contribution in [0, 0.1) is 24.4 Å². The average Bonchev–Trinajstić information content (AvgIpc) is 2.76. The molecule has 0 bridgehead atoms. The first-order valence-electron chi connectivity index (χ1n) is 9.83. The fraction of sp³-hybridized carbons (Fsp3) is 0.273. The third-order valence-electron chi connectivity index (χ3n) is 5.82. The zero-order valence-corrected chi connectivity index (χ0v) is 18.3. The molecule has 1 aliphatic rings. The summed E-state index contributed by atoms with van der Waals surface area (Å²) in [4.78, 5) is 7.70. The minimum atomic E-state index is -5.24. The lowest BCUT2D eigenvalue weighted by Crippen LogP contribution is -2.54. The summed E-state index contributed by atoms with van der Waals surface area (Å²) >= 11 is 5.80. The maximum atomic E-state index is 14.3. The molecule has 0 saturated carbocycles. The van der Waals surface area contributed by atoms with Gasteiger partial charge in [0.25, 0.3) is 0 Å².